The van der Waals surface area contributed by atoms with Gasteiger partial charge in [-0.25, -0.2) is 0 Å². The van der Waals surface area contributed by atoms with Gasteiger partial charge in [0.2, 0.25) is 5.91 Å². The first-order valence-electron chi connectivity index (χ1n) is 5.78. The van der Waals surface area contributed by atoms with E-state index in [1.165, 1.54) is 19.3 Å². The smallest absolute Gasteiger partial charge is 0.221 e. The largest absolute Gasteiger partial charge is 0.356 e. The second kappa shape index (κ2) is 6.02. The number of carbonyl (C=O) groups is 1. The van der Waals surface area contributed by atoms with Gasteiger partial charge >= 0.3 is 0 Å². The first-order valence-corrected chi connectivity index (χ1v) is 5.78. The standard InChI is InChI=1S/C11H22N2O/c1-3-10(9-5-6-9)13-8-7-11(14)12-4-2/h9-10,13H,3-8H2,1-2H3,(H,12,14). The zero-order valence-corrected chi connectivity index (χ0v) is 9.31. The number of hydrogen-bond donors (Lipinski definition) is 2. The molecule has 14 heavy (non-hydrogen) atoms. The predicted molar refractivity (Wildman–Crippen MR) is 58.1 cm³/mol. The molecule has 1 amide bonds. The molecule has 0 saturated heterocycles. The lowest BCUT2D eigenvalue weighted by Gasteiger charge is -2.15. The predicted octanol–water partition coefficient (Wildman–Crippen LogP) is 1.29. The molecule has 1 unspecified atom stereocenters. The molecule has 3 nitrogen and oxygen atoms in total. The van der Waals surface area contributed by atoms with Gasteiger partial charge in [-0.15, -0.1) is 0 Å². The number of amides is 1. The van der Waals surface area contributed by atoms with Crippen LogP contribution in [-0.2, 0) is 4.79 Å². The highest BCUT2D eigenvalue weighted by Gasteiger charge is 2.29. The highest BCUT2D eigenvalue weighted by molar-refractivity contribution is 5.75. The Morgan fingerprint density at radius 2 is 2.14 bits per heavy atom. The SMILES string of the molecule is CCNC(=O)CCNC(CC)C1CC1. The minimum Gasteiger partial charge on any atom is -0.356 e. The van der Waals surface area contributed by atoms with Gasteiger partial charge in [-0.3, -0.25) is 4.79 Å². The topological polar surface area (TPSA) is 41.1 Å². The highest BCUT2D eigenvalue weighted by Crippen LogP contribution is 2.33. The lowest BCUT2D eigenvalue weighted by atomic mass is 10.1. The molecule has 0 heterocycles. The van der Waals surface area contributed by atoms with Gasteiger partial charge in [0.25, 0.3) is 0 Å². The van der Waals surface area contributed by atoms with E-state index in [1.807, 2.05) is 6.92 Å². The molecule has 1 rings (SSSR count). The van der Waals surface area contributed by atoms with Crippen LogP contribution in [0.2, 0.25) is 0 Å². The summed E-state index contributed by atoms with van der Waals surface area (Å²) in [5.74, 6) is 1.04. The summed E-state index contributed by atoms with van der Waals surface area (Å²) in [6.07, 6.45) is 4.52. The lowest BCUT2D eigenvalue weighted by molar-refractivity contribution is -0.120. The van der Waals surface area contributed by atoms with E-state index in [0.29, 0.717) is 12.5 Å². The summed E-state index contributed by atoms with van der Waals surface area (Å²) in [5, 5.41) is 6.26. The van der Waals surface area contributed by atoms with Crippen molar-refractivity contribution in [3.05, 3.63) is 0 Å². The Hall–Kier alpha value is -0.570. The van der Waals surface area contributed by atoms with Gasteiger partial charge < -0.3 is 10.6 Å². The van der Waals surface area contributed by atoms with Gasteiger partial charge in [0.05, 0.1) is 0 Å². The van der Waals surface area contributed by atoms with Crippen LogP contribution >= 0.6 is 0 Å². The van der Waals surface area contributed by atoms with Gasteiger partial charge in [0.1, 0.15) is 0 Å². The first-order chi connectivity index (χ1) is 6.77. The Kier molecular flexibility index (Phi) is 4.94. The van der Waals surface area contributed by atoms with E-state index in [4.69, 9.17) is 0 Å². The number of carbonyl (C=O) groups excluding carboxylic acids is 1. The molecule has 0 radical (unpaired) electrons. The summed E-state index contributed by atoms with van der Waals surface area (Å²) in [6.45, 7) is 5.71. The van der Waals surface area contributed by atoms with Gasteiger partial charge in [-0.05, 0) is 32.1 Å². The molecule has 82 valence electrons. The summed E-state index contributed by atoms with van der Waals surface area (Å²) in [4.78, 5) is 11.1. The van der Waals surface area contributed by atoms with Crippen LogP contribution in [0, 0.1) is 5.92 Å². The molecule has 0 bridgehead atoms. The van der Waals surface area contributed by atoms with Crippen molar-refractivity contribution in [3.8, 4) is 0 Å². The van der Waals surface area contributed by atoms with Gasteiger partial charge in [0, 0.05) is 25.6 Å². The quantitative estimate of drug-likeness (QED) is 0.647. The molecule has 1 aliphatic rings. The van der Waals surface area contributed by atoms with E-state index < -0.39 is 0 Å². The molecule has 0 aliphatic heterocycles. The van der Waals surface area contributed by atoms with Crippen molar-refractivity contribution >= 4 is 5.91 Å². The van der Waals surface area contributed by atoms with Crippen molar-refractivity contribution < 1.29 is 4.79 Å². The van der Waals surface area contributed by atoms with Crippen LogP contribution in [0.25, 0.3) is 0 Å². The summed E-state index contributed by atoms with van der Waals surface area (Å²) in [5.41, 5.74) is 0. The van der Waals surface area contributed by atoms with Crippen molar-refractivity contribution in [2.24, 2.45) is 5.92 Å². The van der Waals surface area contributed by atoms with Crippen LogP contribution < -0.4 is 10.6 Å². The molecule has 0 aromatic rings. The molecule has 1 fully saturated rings. The second-order valence-corrected chi connectivity index (χ2v) is 4.01. The molecule has 2 N–H and O–H groups in total. The Balaban J connectivity index is 2.03. The van der Waals surface area contributed by atoms with Crippen molar-refractivity contribution in [1.82, 2.24) is 10.6 Å². The fourth-order valence-electron chi connectivity index (χ4n) is 1.80. The van der Waals surface area contributed by atoms with E-state index >= 15 is 0 Å². The fourth-order valence-corrected chi connectivity index (χ4v) is 1.80. The molecule has 1 aliphatic carbocycles. The molecule has 0 spiro atoms. The minimum absolute atomic E-state index is 0.158. The minimum atomic E-state index is 0.158. The monoisotopic (exact) mass is 198 g/mol. The van der Waals surface area contributed by atoms with E-state index in [1.54, 1.807) is 0 Å². The zero-order chi connectivity index (χ0) is 10.4. The Bertz CT molecular complexity index is 178. The average Bonchev–Trinajstić information content (AvgIpc) is 2.96. The Labute approximate surface area is 86.6 Å². The summed E-state index contributed by atoms with van der Waals surface area (Å²) >= 11 is 0. The van der Waals surface area contributed by atoms with Crippen molar-refractivity contribution in [3.63, 3.8) is 0 Å². The lowest BCUT2D eigenvalue weighted by Crippen LogP contribution is -2.34. The number of nitrogens with one attached hydrogen (secondary N) is 2. The first kappa shape index (κ1) is 11.5. The average molecular weight is 198 g/mol. The molecule has 0 aromatic carbocycles. The zero-order valence-electron chi connectivity index (χ0n) is 9.31. The fraction of sp³-hybridized carbons (Fsp3) is 0.909. The van der Waals surface area contributed by atoms with E-state index in [0.717, 1.165) is 19.0 Å². The maximum absolute atomic E-state index is 11.1. The van der Waals surface area contributed by atoms with Crippen LogP contribution in [0.3, 0.4) is 0 Å². The summed E-state index contributed by atoms with van der Waals surface area (Å²) in [7, 11) is 0. The van der Waals surface area contributed by atoms with Crippen LogP contribution in [-0.4, -0.2) is 25.0 Å². The van der Waals surface area contributed by atoms with Gasteiger partial charge in [0.15, 0.2) is 0 Å². The third kappa shape index (κ3) is 4.09. The maximum atomic E-state index is 11.1. The van der Waals surface area contributed by atoms with Crippen molar-refractivity contribution in [2.45, 2.75) is 45.6 Å². The Morgan fingerprint density at radius 1 is 1.43 bits per heavy atom. The van der Waals surface area contributed by atoms with Crippen LogP contribution in [0.4, 0.5) is 0 Å². The highest BCUT2D eigenvalue weighted by atomic mass is 16.1. The molecule has 1 atom stereocenters. The van der Waals surface area contributed by atoms with Crippen LogP contribution in [0.5, 0.6) is 0 Å². The van der Waals surface area contributed by atoms with Crippen LogP contribution in [0.15, 0.2) is 0 Å². The third-order valence-corrected chi connectivity index (χ3v) is 2.76. The molecule has 0 aromatic heterocycles. The Morgan fingerprint density at radius 3 is 2.64 bits per heavy atom. The molecular weight excluding hydrogens is 176 g/mol. The summed E-state index contributed by atoms with van der Waals surface area (Å²) in [6, 6.07) is 0.643. The third-order valence-electron chi connectivity index (χ3n) is 2.76. The summed E-state index contributed by atoms with van der Waals surface area (Å²) < 4.78 is 0. The van der Waals surface area contributed by atoms with E-state index in [9.17, 15) is 4.79 Å². The van der Waals surface area contributed by atoms with E-state index in [2.05, 4.69) is 17.6 Å². The molecular formula is C11H22N2O. The normalized spacial score (nSPS) is 17.9. The van der Waals surface area contributed by atoms with Crippen molar-refractivity contribution in [1.29, 1.82) is 0 Å². The number of hydrogen-bond acceptors (Lipinski definition) is 2. The van der Waals surface area contributed by atoms with E-state index in [-0.39, 0.29) is 5.91 Å². The maximum Gasteiger partial charge on any atom is 0.221 e. The van der Waals surface area contributed by atoms with Gasteiger partial charge in [-0.1, -0.05) is 6.92 Å². The molecule has 1 saturated carbocycles. The van der Waals surface area contributed by atoms with Crippen molar-refractivity contribution in [2.75, 3.05) is 13.1 Å². The number of rotatable bonds is 7. The second-order valence-electron chi connectivity index (χ2n) is 4.01. The molecule has 3 heteroatoms. The van der Waals surface area contributed by atoms with Gasteiger partial charge in [-0.2, -0.15) is 0 Å². The van der Waals surface area contributed by atoms with Crippen LogP contribution in [0.1, 0.15) is 39.5 Å².